The van der Waals surface area contributed by atoms with Crippen molar-refractivity contribution in [3.8, 4) is 17.2 Å². The zero-order valence-corrected chi connectivity index (χ0v) is 16.4. The van der Waals surface area contributed by atoms with E-state index in [0.717, 1.165) is 25.0 Å². The maximum Gasteiger partial charge on any atom is 0.343 e. The van der Waals surface area contributed by atoms with Gasteiger partial charge in [-0.3, -0.25) is 4.79 Å². The van der Waals surface area contributed by atoms with Crippen molar-refractivity contribution in [1.29, 1.82) is 0 Å². The van der Waals surface area contributed by atoms with Crippen molar-refractivity contribution in [3.63, 3.8) is 0 Å². The van der Waals surface area contributed by atoms with Gasteiger partial charge in [-0.1, -0.05) is 44.1 Å². The van der Waals surface area contributed by atoms with Crippen LogP contribution in [0.3, 0.4) is 0 Å². The molecular weight excluding hydrogens is 368 g/mol. The van der Waals surface area contributed by atoms with Crippen LogP contribution in [-0.4, -0.2) is 18.5 Å². The van der Waals surface area contributed by atoms with E-state index in [9.17, 15) is 9.59 Å². The maximum atomic E-state index is 12.3. The number of allylic oxidation sites excluding steroid dienone is 2. The van der Waals surface area contributed by atoms with Crippen molar-refractivity contribution in [1.82, 2.24) is 0 Å². The molecule has 0 amide bonds. The van der Waals surface area contributed by atoms with E-state index in [-0.39, 0.29) is 11.9 Å². The molecule has 0 bridgehead atoms. The second-order valence-corrected chi connectivity index (χ2v) is 6.66. The fourth-order valence-electron chi connectivity index (χ4n) is 2.74. The number of unbranched alkanes of at least 4 members (excludes halogenated alkanes) is 2. The number of ether oxygens (including phenoxy) is 3. The molecule has 0 saturated heterocycles. The Morgan fingerprint density at radius 3 is 2.00 bits per heavy atom. The number of esters is 2. The molecule has 0 atom stereocenters. The predicted octanol–water partition coefficient (Wildman–Crippen LogP) is 5.12. The molecule has 0 heterocycles. The van der Waals surface area contributed by atoms with Gasteiger partial charge in [-0.15, -0.1) is 0 Å². The smallest absolute Gasteiger partial charge is 0.343 e. The zero-order chi connectivity index (χ0) is 20.5. The zero-order valence-electron chi connectivity index (χ0n) is 16.4. The molecule has 29 heavy (non-hydrogen) atoms. The fraction of sp³-hybridized carbons (Fsp3) is 0.250. The molecule has 5 nitrogen and oxygen atoms in total. The minimum absolute atomic E-state index is 0.350. The van der Waals surface area contributed by atoms with E-state index in [4.69, 9.17) is 14.2 Å². The van der Waals surface area contributed by atoms with E-state index in [0.29, 0.717) is 23.7 Å². The second-order valence-electron chi connectivity index (χ2n) is 6.66. The standard InChI is InChI=1S/C24H24O5/c1-2-3-6-17-27-20-11-9-19(10-12-20)24(26)29-22-15-13-21(14-16-22)28-23(25)18-7-4-5-8-18/h4-5,7-16,18H,2-3,6,17H2,1H3. The maximum absolute atomic E-state index is 12.3. The van der Waals surface area contributed by atoms with Crippen LogP contribution in [0.2, 0.25) is 0 Å². The van der Waals surface area contributed by atoms with Crippen molar-refractivity contribution < 1.29 is 23.8 Å². The topological polar surface area (TPSA) is 61.8 Å². The summed E-state index contributed by atoms with van der Waals surface area (Å²) in [4.78, 5) is 24.3. The Morgan fingerprint density at radius 2 is 1.38 bits per heavy atom. The van der Waals surface area contributed by atoms with Crippen LogP contribution in [0.1, 0.15) is 36.5 Å². The summed E-state index contributed by atoms with van der Waals surface area (Å²) in [7, 11) is 0. The van der Waals surface area contributed by atoms with Gasteiger partial charge in [-0.2, -0.15) is 0 Å². The van der Waals surface area contributed by atoms with E-state index < -0.39 is 5.97 Å². The molecule has 0 fully saturated rings. The molecule has 1 aliphatic rings. The van der Waals surface area contributed by atoms with Gasteiger partial charge in [-0.25, -0.2) is 4.79 Å². The highest BCUT2D eigenvalue weighted by Crippen LogP contribution is 2.21. The first-order chi connectivity index (χ1) is 14.2. The largest absolute Gasteiger partial charge is 0.494 e. The lowest BCUT2D eigenvalue weighted by Crippen LogP contribution is -2.15. The molecule has 0 saturated carbocycles. The molecule has 150 valence electrons. The lowest BCUT2D eigenvalue weighted by Gasteiger charge is -2.09. The van der Waals surface area contributed by atoms with Crippen LogP contribution >= 0.6 is 0 Å². The molecule has 0 N–H and O–H groups in total. The van der Waals surface area contributed by atoms with Crippen LogP contribution in [0.4, 0.5) is 0 Å². The number of carbonyl (C=O) groups is 2. The van der Waals surface area contributed by atoms with Crippen molar-refractivity contribution in [2.24, 2.45) is 5.92 Å². The summed E-state index contributed by atoms with van der Waals surface area (Å²) in [6.07, 6.45) is 10.4. The van der Waals surface area contributed by atoms with Gasteiger partial charge in [0.05, 0.1) is 18.1 Å². The third kappa shape index (κ3) is 6.07. The molecular formula is C24H24O5. The SMILES string of the molecule is CCCCCOc1ccc(C(=O)Oc2ccc(OC(=O)C3C=CC=C3)cc2)cc1. The van der Waals surface area contributed by atoms with Gasteiger partial charge in [0.25, 0.3) is 0 Å². The molecule has 0 aromatic heterocycles. The van der Waals surface area contributed by atoms with Gasteiger partial charge >= 0.3 is 11.9 Å². The Morgan fingerprint density at radius 1 is 0.793 bits per heavy atom. The minimum Gasteiger partial charge on any atom is -0.494 e. The van der Waals surface area contributed by atoms with Crippen molar-refractivity contribution in [2.75, 3.05) is 6.61 Å². The van der Waals surface area contributed by atoms with E-state index in [1.807, 2.05) is 0 Å². The molecule has 5 heteroatoms. The highest BCUT2D eigenvalue weighted by molar-refractivity contribution is 5.91. The Hall–Kier alpha value is -3.34. The first-order valence-corrected chi connectivity index (χ1v) is 9.77. The summed E-state index contributed by atoms with van der Waals surface area (Å²) >= 11 is 0. The van der Waals surface area contributed by atoms with Gasteiger partial charge in [0.2, 0.25) is 0 Å². The summed E-state index contributed by atoms with van der Waals surface area (Å²) < 4.78 is 16.3. The molecule has 0 aliphatic heterocycles. The minimum atomic E-state index is -0.464. The molecule has 3 rings (SSSR count). The monoisotopic (exact) mass is 392 g/mol. The second kappa shape index (κ2) is 10.3. The highest BCUT2D eigenvalue weighted by atomic mass is 16.5. The molecule has 0 spiro atoms. The Labute approximate surface area is 170 Å². The van der Waals surface area contributed by atoms with Gasteiger partial charge in [-0.05, 0) is 55.0 Å². The Kier molecular flexibility index (Phi) is 7.22. The average Bonchev–Trinajstić information content (AvgIpc) is 3.28. The number of benzene rings is 2. The van der Waals surface area contributed by atoms with Gasteiger partial charge in [0, 0.05) is 0 Å². The molecule has 2 aromatic rings. The van der Waals surface area contributed by atoms with Gasteiger partial charge in [0.15, 0.2) is 0 Å². The Balaban J connectivity index is 1.50. The van der Waals surface area contributed by atoms with Crippen molar-refractivity contribution in [2.45, 2.75) is 26.2 Å². The third-order valence-corrected chi connectivity index (χ3v) is 4.38. The molecule has 0 unspecified atom stereocenters. The van der Waals surface area contributed by atoms with E-state index in [1.165, 1.54) is 0 Å². The molecule has 1 aliphatic carbocycles. The highest BCUT2D eigenvalue weighted by Gasteiger charge is 2.17. The lowest BCUT2D eigenvalue weighted by atomic mass is 10.2. The average molecular weight is 392 g/mol. The number of carbonyl (C=O) groups excluding carboxylic acids is 2. The summed E-state index contributed by atoms with van der Waals surface area (Å²) in [5.74, 6) is 0.329. The molecule has 2 aromatic carbocycles. The van der Waals surface area contributed by atoms with Gasteiger partial charge in [0.1, 0.15) is 17.2 Å². The quantitative estimate of drug-likeness (QED) is 0.337. The van der Waals surface area contributed by atoms with E-state index in [2.05, 4.69) is 6.92 Å². The van der Waals surface area contributed by atoms with Crippen molar-refractivity contribution >= 4 is 11.9 Å². The first-order valence-electron chi connectivity index (χ1n) is 9.77. The van der Waals surface area contributed by atoms with Crippen LogP contribution in [0.25, 0.3) is 0 Å². The summed E-state index contributed by atoms with van der Waals surface area (Å²) in [6.45, 7) is 2.81. The Bertz CT molecular complexity index is 866. The molecule has 0 radical (unpaired) electrons. The van der Waals surface area contributed by atoms with Crippen LogP contribution in [0, 0.1) is 5.92 Å². The van der Waals surface area contributed by atoms with Crippen LogP contribution < -0.4 is 14.2 Å². The van der Waals surface area contributed by atoms with Crippen molar-refractivity contribution in [3.05, 3.63) is 78.4 Å². The lowest BCUT2D eigenvalue weighted by molar-refractivity contribution is -0.135. The summed E-state index contributed by atoms with van der Waals surface area (Å²) in [6, 6.07) is 13.2. The fourth-order valence-corrected chi connectivity index (χ4v) is 2.74. The van der Waals surface area contributed by atoms with E-state index >= 15 is 0 Å². The first kappa shape index (κ1) is 20.4. The predicted molar refractivity (Wildman–Crippen MR) is 110 cm³/mol. The van der Waals surface area contributed by atoms with E-state index in [1.54, 1.807) is 72.8 Å². The van der Waals surface area contributed by atoms with Gasteiger partial charge < -0.3 is 14.2 Å². The number of hydrogen-bond acceptors (Lipinski definition) is 5. The van der Waals surface area contributed by atoms with Crippen LogP contribution in [0.15, 0.2) is 72.8 Å². The summed E-state index contributed by atoms with van der Waals surface area (Å²) in [5.41, 5.74) is 0.432. The number of rotatable bonds is 9. The number of hydrogen-bond donors (Lipinski definition) is 0. The normalized spacial score (nSPS) is 12.7. The summed E-state index contributed by atoms with van der Waals surface area (Å²) in [5, 5.41) is 0. The third-order valence-electron chi connectivity index (χ3n) is 4.38. The van der Waals surface area contributed by atoms with Crippen LogP contribution in [-0.2, 0) is 4.79 Å². The van der Waals surface area contributed by atoms with Crippen LogP contribution in [0.5, 0.6) is 17.2 Å².